The molecule has 0 amide bonds. The van der Waals surface area contributed by atoms with E-state index in [2.05, 4.69) is 15.0 Å². The highest BCUT2D eigenvalue weighted by molar-refractivity contribution is 7.84. The number of fused-ring (bicyclic) bond motifs is 1. The molecule has 0 radical (unpaired) electrons. The van der Waals surface area contributed by atoms with Crippen molar-refractivity contribution in [2.45, 2.75) is 18.7 Å². The lowest BCUT2D eigenvalue weighted by Gasteiger charge is -2.09. The normalized spacial score (nSPS) is 14.6. The van der Waals surface area contributed by atoms with Gasteiger partial charge in [0.1, 0.15) is 11.8 Å². The zero-order valence-corrected chi connectivity index (χ0v) is 12.0. The molecule has 0 aromatic carbocycles. The monoisotopic (exact) mass is 286 g/mol. The van der Waals surface area contributed by atoms with Crippen molar-refractivity contribution in [3.63, 3.8) is 0 Å². The molecule has 0 aliphatic carbocycles. The van der Waals surface area contributed by atoms with Gasteiger partial charge < -0.3 is 14.3 Å². The number of ether oxygens (including phenoxy) is 1. The van der Waals surface area contributed by atoms with Gasteiger partial charge in [-0.05, 0) is 19.1 Å². The van der Waals surface area contributed by atoms with Crippen LogP contribution in [-0.2, 0) is 17.3 Å². The third kappa shape index (κ3) is 2.30. The van der Waals surface area contributed by atoms with Gasteiger partial charge in [0.15, 0.2) is 10.4 Å². The summed E-state index contributed by atoms with van der Waals surface area (Å²) in [7, 11) is 0.632. The van der Waals surface area contributed by atoms with Crippen LogP contribution in [0.25, 0.3) is 11.2 Å². The molecule has 0 aliphatic rings. The summed E-state index contributed by atoms with van der Waals surface area (Å²) in [4.78, 5) is 11.2. The Hall–Kier alpha value is -1.28. The fraction of sp³-hybridized carbons (Fsp3) is 0.500. The second kappa shape index (κ2) is 5.15. The highest BCUT2D eigenvalue weighted by atomic mass is 32.2. The lowest BCUT2D eigenvalue weighted by molar-refractivity contribution is 0.401. The van der Waals surface area contributed by atoms with Gasteiger partial charge in [0, 0.05) is 28.9 Å². The number of hydrogen-bond donors (Lipinski definition) is 1. The fourth-order valence-corrected chi connectivity index (χ4v) is 2.25. The second-order valence-corrected chi connectivity index (χ2v) is 6.12. The van der Waals surface area contributed by atoms with Gasteiger partial charge in [-0.1, -0.05) is 0 Å². The number of hydrogen-bond acceptors (Lipinski definition) is 5. The third-order valence-corrected chi connectivity index (χ3v) is 4.33. The van der Waals surface area contributed by atoms with Crippen LogP contribution >= 0.6 is 12.2 Å². The smallest absolute Gasteiger partial charge is 0.242 e. The lowest BCUT2D eigenvalue weighted by Crippen LogP contribution is -2.17. The van der Waals surface area contributed by atoms with Crippen LogP contribution in [0.3, 0.4) is 0 Å². The molecule has 2 rings (SSSR count). The maximum absolute atomic E-state index is 11.4. The van der Waals surface area contributed by atoms with Crippen molar-refractivity contribution in [1.29, 1.82) is 0 Å². The summed E-state index contributed by atoms with van der Waals surface area (Å²) in [5.41, 5.74) is 1.34. The number of nitrogens with zero attached hydrogens (tertiary/aromatic N) is 3. The predicted octanol–water partition coefficient (Wildman–Crippen LogP) is 1.26. The summed E-state index contributed by atoms with van der Waals surface area (Å²) >= 11 is 5.25. The number of aromatic amines is 1. The summed E-state index contributed by atoms with van der Waals surface area (Å²) in [6.45, 7) is 2.46. The van der Waals surface area contributed by atoms with Crippen LogP contribution in [0.5, 0.6) is 5.88 Å². The van der Waals surface area contributed by atoms with Crippen LogP contribution in [0.15, 0.2) is 6.33 Å². The molecule has 6 nitrogen and oxygen atoms in total. The Morgan fingerprint density at radius 2 is 2.33 bits per heavy atom. The summed E-state index contributed by atoms with van der Waals surface area (Å²) in [6.07, 6.45) is 3.10. The maximum atomic E-state index is 11.4. The number of nitrogens with one attached hydrogen (secondary N) is 1. The van der Waals surface area contributed by atoms with E-state index in [0.29, 0.717) is 28.4 Å². The fourth-order valence-electron chi connectivity index (χ4n) is 1.63. The highest BCUT2D eigenvalue weighted by Crippen LogP contribution is 2.20. The first kappa shape index (κ1) is 13.2. The van der Waals surface area contributed by atoms with E-state index in [0.717, 1.165) is 0 Å². The SMILES string of the molecule is COc1ncnc2c1[nH]c(=S)n2CC(C)S(C)=O. The number of rotatable bonds is 4. The van der Waals surface area contributed by atoms with Crippen LogP contribution in [0.1, 0.15) is 6.92 Å². The Morgan fingerprint density at radius 1 is 1.61 bits per heavy atom. The molecule has 0 saturated carbocycles. The van der Waals surface area contributed by atoms with Crippen molar-refractivity contribution in [3.8, 4) is 5.88 Å². The molecular weight excluding hydrogens is 272 g/mol. The van der Waals surface area contributed by atoms with Crippen molar-refractivity contribution in [3.05, 3.63) is 11.1 Å². The van der Waals surface area contributed by atoms with Crippen molar-refractivity contribution in [1.82, 2.24) is 19.5 Å². The minimum absolute atomic E-state index is 0.00309. The third-order valence-electron chi connectivity index (χ3n) is 2.72. The molecule has 98 valence electrons. The number of aromatic nitrogens is 4. The number of imidazole rings is 1. The van der Waals surface area contributed by atoms with Gasteiger partial charge in [-0.25, -0.2) is 4.98 Å². The molecule has 0 aliphatic heterocycles. The van der Waals surface area contributed by atoms with E-state index in [1.165, 1.54) is 6.33 Å². The largest absolute Gasteiger partial charge is 0.479 e. The van der Waals surface area contributed by atoms with Gasteiger partial charge in [0.05, 0.1) is 7.11 Å². The van der Waals surface area contributed by atoms with Gasteiger partial charge in [-0.15, -0.1) is 0 Å². The average molecular weight is 286 g/mol. The van der Waals surface area contributed by atoms with Crippen molar-refractivity contribution in [2.75, 3.05) is 13.4 Å². The molecular formula is C10H14N4O2S2. The minimum atomic E-state index is -0.909. The molecule has 2 aromatic heterocycles. The van der Waals surface area contributed by atoms with Gasteiger partial charge >= 0.3 is 0 Å². The predicted molar refractivity (Wildman–Crippen MR) is 72.8 cm³/mol. The average Bonchev–Trinajstić information content (AvgIpc) is 2.65. The van der Waals surface area contributed by atoms with Crippen LogP contribution in [0.4, 0.5) is 0 Å². The standard InChI is InChI=1S/C10H14N4O2S2/c1-6(18(3)15)4-14-8-7(13-10(14)17)9(16-2)12-5-11-8/h5-6H,4H2,1-3H3,(H,13,17). The van der Waals surface area contributed by atoms with Crippen LogP contribution in [0, 0.1) is 4.77 Å². The summed E-state index contributed by atoms with van der Waals surface area (Å²) in [5, 5.41) is -0.00309. The van der Waals surface area contributed by atoms with Crippen LogP contribution < -0.4 is 4.74 Å². The minimum Gasteiger partial charge on any atom is -0.479 e. The molecule has 0 saturated heterocycles. The second-order valence-electron chi connectivity index (χ2n) is 3.93. The molecule has 0 spiro atoms. The number of methoxy groups -OCH3 is 1. The Bertz CT molecular complexity index is 649. The topological polar surface area (TPSA) is 72.8 Å². The van der Waals surface area contributed by atoms with Gasteiger partial charge in [0.2, 0.25) is 5.88 Å². The van der Waals surface area contributed by atoms with Gasteiger partial charge in [-0.2, -0.15) is 4.98 Å². The van der Waals surface area contributed by atoms with E-state index in [1.54, 1.807) is 13.4 Å². The summed E-state index contributed by atoms with van der Waals surface area (Å²) in [6, 6.07) is 0. The van der Waals surface area contributed by atoms with Crippen LogP contribution in [0.2, 0.25) is 0 Å². The van der Waals surface area contributed by atoms with E-state index >= 15 is 0 Å². The van der Waals surface area contributed by atoms with E-state index in [9.17, 15) is 4.21 Å². The Kier molecular flexibility index (Phi) is 3.76. The number of H-pyrrole nitrogens is 1. The summed E-state index contributed by atoms with van der Waals surface area (Å²) in [5.74, 6) is 0.454. The molecule has 8 heteroatoms. The Labute approximate surface area is 112 Å². The Balaban J connectivity index is 2.55. The van der Waals surface area contributed by atoms with Gasteiger partial charge in [0.25, 0.3) is 0 Å². The van der Waals surface area contributed by atoms with Gasteiger partial charge in [-0.3, -0.25) is 4.21 Å². The van der Waals surface area contributed by atoms with E-state index in [-0.39, 0.29) is 5.25 Å². The molecule has 1 N–H and O–H groups in total. The van der Waals surface area contributed by atoms with Crippen molar-refractivity contribution >= 4 is 34.2 Å². The first-order chi connectivity index (χ1) is 8.54. The van der Waals surface area contributed by atoms with Crippen LogP contribution in [-0.4, -0.2) is 42.3 Å². The molecule has 0 bridgehead atoms. The van der Waals surface area contributed by atoms with Crippen molar-refractivity contribution < 1.29 is 8.95 Å². The molecule has 2 aromatic rings. The molecule has 2 unspecified atom stereocenters. The van der Waals surface area contributed by atoms with E-state index < -0.39 is 10.8 Å². The molecule has 2 heterocycles. The lowest BCUT2D eigenvalue weighted by atomic mass is 10.4. The Morgan fingerprint density at radius 3 is 2.94 bits per heavy atom. The summed E-state index contributed by atoms with van der Waals surface area (Å²) < 4.78 is 18.9. The molecule has 18 heavy (non-hydrogen) atoms. The van der Waals surface area contributed by atoms with E-state index in [4.69, 9.17) is 17.0 Å². The highest BCUT2D eigenvalue weighted by Gasteiger charge is 2.14. The maximum Gasteiger partial charge on any atom is 0.242 e. The molecule has 0 fully saturated rings. The zero-order chi connectivity index (χ0) is 13.3. The van der Waals surface area contributed by atoms with E-state index in [1.807, 2.05) is 11.5 Å². The first-order valence-electron chi connectivity index (χ1n) is 5.34. The first-order valence-corrected chi connectivity index (χ1v) is 7.37. The zero-order valence-electron chi connectivity index (χ0n) is 10.3. The van der Waals surface area contributed by atoms with Crippen molar-refractivity contribution in [2.24, 2.45) is 0 Å². The molecule has 2 atom stereocenters. The quantitative estimate of drug-likeness (QED) is 0.857.